The van der Waals surface area contributed by atoms with Crippen molar-refractivity contribution in [1.82, 2.24) is 9.78 Å². The molecule has 1 aromatic carbocycles. The Labute approximate surface area is 119 Å². The Hall–Kier alpha value is -2.97. The summed E-state index contributed by atoms with van der Waals surface area (Å²) in [6, 6.07) is 5.66. The summed E-state index contributed by atoms with van der Waals surface area (Å²) in [7, 11) is 0. The number of rotatable bonds is 5. The van der Waals surface area contributed by atoms with Gasteiger partial charge in [-0.2, -0.15) is 5.10 Å². The topological polar surface area (TPSA) is 130 Å². The fraction of sp³-hybridized carbons (Fsp3) is 0.250. The van der Waals surface area contributed by atoms with Crippen molar-refractivity contribution in [2.24, 2.45) is 0 Å². The second-order valence-electron chi connectivity index (χ2n) is 4.39. The van der Waals surface area contributed by atoms with Crippen molar-refractivity contribution in [2.45, 2.75) is 19.4 Å². The predicted octanol–water partition coefficient (Wildman–Crippen LogP) is 2.28. The van der Waals surface area contributed by atoms with Gasteiger partial charge in [0, 0.05) is 12.1 Å². The zero-order valence-electron chi connectivity index (χ0n) is 11.2. The number of anilines is 1. The average Bonchev–Trinajstić information content (AvgIpc) is 2.82. The molecule has 1 atom stereocenters. The van der Waals surface area contributed by atoms with Crippen LogP contribution in [0.25, 0.3) is 0 Å². The maximum atomic E-state index is 10.8. The molecule has 2 aromatic rings. The van der Waals surface area contributed by atoms with E-state index in [-0.39, 0.29) is 17.2 Å². The standard InChI is InChI=1S/C12H13N5O4/c1-2-10(8-4-3-5-9(6-8)16(18)19)15-12(13)11(7-14-15)17(20)21/h3-7,10H,2,13H2,1H3. The molecule has 9 nitrogen and oxygen atoms in total. The van der Waals surface area contributed by atoms with Crippen LogP contribution in [-0.2, 0) is 0 Å². The minimum Gasteiger partial charge on any atom is -0.378 e. The van der Waals surface area contributed by atoms with Gasteiger partial charge in [-0.15, -0.1) is 0 Å². The van der Waals surface area contributed by atoms with Crippen molar-refractivity contribution in [2.75, 3.05) is 5.73 Å². The summed E-state index contributed by atoms with van der Waals surface area (Å²) < 4.78 is 1.32. The Kier molecular flexibility index (Phi) is 3.83. The molecule has 0 radical (unpaired) electrons. The van der Waals surface area contributed by atoms with Crippen LogP contribution in [0.2, 0.25) is 0 Å². The van der Waals surface area contributed by atoms with Crippen molar-refractivity contribution < 1.29 is 9.85 Å². The van der Waals surface area contributed by atoms with Crippen molar-refractivity contribution in [1.29, 1.82) is 0 Å². The molecule has 0 fully saturated rings. The normalized spacial score (nSPS) is 12.0. The number of non-ortho nitro benzene ring substituents is 1. The number of hydrogen-bond donors (Lipinski definition) is 1. The zero-order valence-corrected chi connectivity index (χ0v) is 11.2. The Bertz CT molecular complexity index is 697. The summed E-state index contributed by atoms with van der Waals surface area (Å²) in [6.45, 7) is 1.84. The lowest BCUT2D eigenvalue weighted by Crippen LogP contribution is -2.14. The van der Waals surface area contributed by atoms with Crippen LogP contribution in [0.3, 0.4) is 0 Å². The van der Waals surface area contributed by atoms with Crippen LogP contribution in [0.15, 0.2) is 30.5 Å². The Morgan fingerprint density at radius 1 is 1.33 bits per heavy atom. The molecule has 0 aliphatic rings. The number of benzene rings is 1. The fourth-order valence-corrected chi connectivity index (χ4v) is 2.15. The first-order chi connectivity index (χ1) is 9.95. The van der Waals surface area contributed by atoms with Crippen molar-refractivity contribution in [3.8, 4) is 0 Å². The van der Waals surface area contributed by atoms with Crippen molar-refractivity contribution in [3.63, 3.8) is 0 Å². The highest BCUT2D eigenvalue weighted by molar-refractivity contribution is 5.52. The summed E-state index contributed by atoms with van der Waals surface area (Å²) in [5.74, 6) is -0.0710. The first-order valence-corrected chi connectivity index (χ1v) is 6.17. The van der Waals surface area contributed by atoms with E-state index >= 15 is 0 Å². The molecule has 1 aromatic heterocycles. The van der Waals surface area contributed by atoms with E-state index < -0.39 is 15.9 Å². The summed E-state index contributed by atoms with van der Waals surface area (Å²) in [6.07, 6.45) is 1.61. The molecule has 2 N–H and O–H groups in total. The lowest BCUT2D eigenvalue weighted by Gasteiger charge is -2.16. The van der Waals surface area contributed by atoms with Gasteiger partial charge in [0.1, 0.15) is 6.20 Å². The Morgan fingerprint density at radius 3 is 2.57 bits per heavy atom. The second-order valence-corrected chi connectivity index (χ2v) is 4.39. The largest absolute Gasteiger partial charge is 0.378 e. The van der Waals surface area contributed by atoms with Crippen LogP contribution < -0.4 is 5.73 Å². The van der Waals surface area contributed by atoms with Gasteiger partial charge < -0.3 is 5.73 Å². The number of nitrogens with zero attached hydrogens (tertiary/aromatic N) is 4. The van der Waals surface area contributed by atoms with Crippen LogP contribution in [0.4, 0.5) is 17.2 Å². The highest BCUT2D eigenvalue weighted by atomic mass is 16.6. The van der Waals surface area contributed by atoms with E-state index in [1.165, 1.54) is 16.8 Å². The molecular formula is C12H13N5O4. The summed E-state index contributed by atoms with van der Waals surface area (Å²) in [4.78, 5) is 20.5. The number of nitrogen functional groups attached to an aromatic ring is 1. The van der Waals surface area contributed by atoms with E-state index in [9.17, 15) is 20.2 Å². The van der Waals surface area contributed by atoms with E-state index in [4.69, 9.17) is 5.73 Å². The van der Waals surface area contributed by atoms with E-state index in [2.05, 4.69) is 5.10 Å². The van der Waals surface area contributed by atoms with Crippen molar-refractivity contribution >= 4 is 17.2 Å². The minimum atomic E-state index is -0.612. The molecule has 1 unspecified atom stereocenters. The minimum absolute atomic E-state index is 0.0498. The maximum Gasteiger partial charge on any atom is 0.330 e. The number of aromatic nitrogens is 2. The van der Waals surface area contributed by atoms with Crippen LogP contribution in [-0.4, -0.2) is 19.6 Å². The molecule has 0 saturated carbocycles. The molecule has 0 aliphatic heterocycles. The second kappa shape index (κ2) is 5.57. The lowest BCUT2D eigenvalue weighted by molar-refractivity contribution is -0.384. The van der Waals surface area contributed by atoms with Gasteiger partial charge in [-0.25, -0.2) is 4.68 Å². The van der Waals surface area contributed by atoms with Crippen LogP contribution in [0, 0.1) is 20.2 Å². The van der Waals surface area contributed by atoms with Crippen LogP contribution in [0.1, 0.15) is 24.9 Å². The average molecular weight is 291 g/mol. The van der Waals surface area contributed by atoms with Gasteiger partial charge in [-0.1, -0.05) is 19.1 Å². The molecule has 21 heavy (non-hydrogen) atoms. The molecule has 1 heterocycles. The molecule has 2 rings (SSSR count). The van der Waals surface area contributed by atoms with Gasteiger partial charge in [0.15, 0.2) is 0 Å². The SMILES string of the molecule is CCC(c1cccc([N+](=O)[O-])c1)n1ncc([N+](=O)[O-])c1N. The van der Waals surface area contributed by atoms with Gasteiger partial charge >= 0.3 is 5.69 Å². The summed E-state index contributed by atoms with van der Waals surface area (Å²) in [5, 5.41) is 25.6. The van der Waals surface area contributed by atoms with Gasteiger partial charge in [0.2, 0.25) is 5.82 Å². The van der Waals surface area contributed by atoms with Gasteiger partial charge in [0.25, 0.3) is 5.69 Å². The molecule has 0 bridgehead atoms. The van der Waals surface area contributed by atoms with E-state index in [0.29, 0.717) is 12.0 Å². The highest BCUT2D eigenvalue weighted by Gasteiger charge is 2.24. The van der Waals surface area contributed by atoms with Gasteiger partial charge in [-0.05, 0) is 12.0 Å². The highest BCUT2D eigenvalue weighted by Crippen LogP contribution is 2.30. The van der Waals surface area contributed by atoms with Gasteiger partial charge in [-0.3, -0.25) is 20.2 Å². The molecule has 0 saturated heterocycles. The first kappa shape index (κ1) is 14.4. The Balaban J connectivity index is 2.47. The lowest BCUT2D eigenvalue weighted by atomic mass is 10.0. The number of nitro groups is 2. The zero-order chi connectivity index (χ0) is 15.6. The number of hydrogen-bond acceptors (Lipinski definition) is 6. The van der Waals surface area contributed by atoms with E-state index in [1.54, 1.807) is 12.1 Å². The molecule has 0 spiro atoms. The monoisotopic (exact) mass is 291 g/mol. The molecular weight excluding hydrogens is 278 g/mol. The third kappa shape index (κ3) is 2.66. The van der Waals surface area contributed by atoms with Crippen LogP contribution >= 0.6 is 0 Å². The third-order valence-corrected chi connectivity index (χ3v) is 3.16. The molecule has 110 valence electrons. The Morgan fingerprint density at radius 2 is 2.05 bits per heavy atom. The molecule has 0 amide bonds. The number of nitro benzene ring substituents is 1. The predicted molar refractivity (Wildman–Crippen MR) is 74.8 cm³/mol. The third-order valence-electron chi connectivity index (χ3n) is 3.16. The van der Waals surface area contributed by atoms with E-state index in [1.807, 2.05) is 6.92 Å². The molecule has 0 aliphatic carbocycles. The first-order valence-electron chi connectivity index (χ1n) is 6.17. The maximum absolute atomic E-state index is 10.8. The van der Waals surface area contributed by atoms with Crippen molar-refractivity contribution in [3.05, 3.63) is 56.3 Å². The fourth-order valence-electron chi connectivity index (χ4n) is 2.15. The summed E-state index contributed by atoms with van der Waals surface area (Å²) in [5.41, 5.74) is 6.03. The van der Waals surface area contributed by atoms with Gasteiger partial charge in [0.05, 0.1) is 15.9 Å². The molecule has 9 heteroatoms. The smallest absolute Gasteiger partial charge is 0.330 e. The van der Waals surface area contributed by atoms with E-state index in [0.717, 1.165) is 6.20 Å². The quantitative estimate of drug-likeness (QED) is 0.664. The van der Waals surface area contributed by atoms with Crippen LogP contribution in [0.5, 0.6) is 0 Å². The summed E-state index contributed by atoms with van der Waals surface area (Å²) >= 11 is 0. The number of nitrogens with two attached hydrogens (primary N) is 1.